The average Bonchev–Trinajstić information content (AvgIpc) is 2.05. The molecular weight excluding hydrogens is 163 g/mol. The molecule has 11 heavy (non-hydrogen) atoms. The van der Waals surface area contributed by atoms with Gasteiger partial charge in [0.05, 0.1) is 0 Å². The van der Waals surface area contributed by atoms with Crippen LogP contribution < -0.4 is 0 Å². The Morgan fingerprint density at radius 1 is 1.27 bits per heavy atom. The van der Waals surface area contributed by atoms with Crippen molar-refractivity contribution in [2.45, 2.75) is 5.85 Å². The summed E-state index contributed by atoms with van der Waals surface area (Å²) < 4.78 is 10.4. The summed E-state index contributed by atoms with van der Waals surface area (Å²) in [6.07, 6.45) is 0. The minimum absolute atomic E-state index is 0.469. The van der Waals surface area contributed by atoms with Crippen LogP contribution in [0.3, 0.4) is 0 Å². The number of rotatable bonds is 2. The zero-order valence-electron chi connectivity index (χ0n) is 5.71. The molecule has 1 rings (SSSR count). The predicted molar refractivity (Wildman–Crippen MR) is 41.2 cm³/mol. The lowest BCUT2D eigenvalue weighted by Gasteiger charge is -1.94. The van der Waals surface area contributed by atoms with Crippen LogP contribution in [0.2, 0.25) is 0 Å². The molecule has 1 aromatic rings. The van der Waals surface area contributed by atoms with Gasteiger partial charge in [-0.15, -0.1) is 0 Å². The Bertz CT molecular complexity index is 247. The number of hydrogen-bond donors (Lipinski definition) is 2. The SMILES string of the molecule is O=[P+](O)[C@@H](O)c1ccccc1. The van der Waals surface area contributed by atoms with E-state index >= 15 is 0 Å². The van der Waals surface area contributed by atoms with Crippen LogP contribution >= 0.6 is 8.03 Å². The monoisotopic (exact) mass is 171 g/mol. The van der Waals surface area contributed by atoms with E-state index in [0.717, 1.165) is 0 Å². The van der Waals surface area contributed by atoms with Gasteiger partial charge >= 0.3 is 13.9 Å². The molecule has 0 radical (unpaired) electrons. The summed E-state index contributed by atoms with van der Waals surface area (Å²) in [5, 5.41) is 9.06. The van der Waals surface area contributed by atoms with E-state index in [4.69, 9.17) is 10.00 Å². The molecule has 2 N–H and O–H groups in total. The van der Waals surface area contributed by atoms with Crippen LogP contribution in [0.4, 0.5) is 0 Å². The number of aliphatic hydroxyl groups is 1. The molecule has 0 aliphatic rings. The molecule has 0 aromatic heterocycles. The van der Waals surface area contributed by atoms with Gasteiger partial charge in [0.25, 0.3) is 0 Å². The van der Waals surface area contributed by atoms with Crippen molar-refractivity contribution in [3.05, 3.63) is 35.9 Å². The predicted octanol–water partition coefficient (Wildman–Crippen LogP) is 1.41. The smallest absolute Gasteiger partial charge is 0.345 e. The van der Waals surface area contributed by atoms with Crippen molar-refractivity contribution in [1.29, 1.82) is 0 Å². The summed E-state index contributed by atoms with van der Waals surface area (Å²) >= 11 is 0. The molecule has 58 valence electrons. The molecule has 3 nitrogen and oxygen atoms in total. The van der Waals surface area contributed by atoms with Crippen molar-refractivity contribution < 1.29 is 14.6 Å². The fourth-order valence-corrected chi connectivity index (χ4v) is 1.18. The first kappa shape index (κ1) is 8.34. The van der Waals surface area contributed by atoms with Crippen LogP contribution in [0.25, 0.3) is 0 Å². The molecule has 0 saturated heterocycles. The number of aliphatic hydroxyl groups excluding tert-OH is 1. The first-order valence-electron chi connectivity index (χ1n) is 3.10. The van der Waals surface area contributed by atoms with E-state index in [1.807, 2.05) is 0 Å². The molecular formula is C7H8O3P+. The summed E-state index contributed by atoms with van der Waals surface area (Å²) in [7, 11) is -2.53. The minimum atomic E-state index is -2.53. The van der Waals surface area contributed by atoms with Gasteiger partial charge in [0.15, 0.2) is 0 Å². The van der Waals surface area contributed by atoms with Crippen molar-refractivity contribution in [1.82, 2.24) is 0 Å². The van der Waals surface area contributed by atoms with Gasteiger partial charge in [-0.25, -0.2) is 0 Å². The van der Waals surface area contributed by atoms with Gasteiger partial charge in [-0.1, -0.05) is 30.3 Å². The summed E-state index contributed by atoms with van der Waals surface area (Å²) in [6.45, 7) is 0. The average molecular weight is 171 g/mol. The molecule has 1 aromatic carbocycles. The Labute approximate surface area is 65.2 Å². The van der Waals surface area contributed by atoms with Crippen molar-refractivity contribution in [2.24, 2.45) is 0 Å². The van der Waals surface area contributed by atoms with Crippen molar-refractivity contribution in [3.63, 3.8) is 0 Å². The maximum absolute atomic E-state index is 10.4. The minimum Gasteiger partial charge on any atom is -0.345 e. The normalized spacial score (nSPS) is 14.2. The highest BCUT2D eigenvalue weighted by Crippen LogP contribution is 2.34. The van der Waals surface area contributed by atoms with E-state index in [1.165, 1.54) is 0 Å². The second-order valence-electron chi connectivity index (χ2n) is 2.09. The van der Waals surface area contributed by atoms with Crippen LogP contribution in [0.5, 0.6) is 0 Å². The van der Waals surface area contributed by atoms with Crippen LogP contribution in [0, 0.1) is 0 Å². The van der Waals surface area contributed by atoms with Crippen LogP contribution in [-0.2, 0) is 4.57 Å². The molecule has 4 heteroatoms. The lowest BCUT2D eigenvalue weighted by Crippen LogP contribution is -1.89. The van der Waals surface area contributed by atoms with Gasteiger partial charge < -0.3 is 5.11 Å². The van der Waals surface area contributed by atoms with E-state index in [2.05, 4.69) is 0 Å². The third-order valence-electron chi connectivity index (χ3n) is 1.31. The summed E-state index contributed by atoms with van der Waals surface area (Å²) in [4.78, 5) is 8.53. The molecule has 0 saturated carbocycles. The molecule has 0 aliphatic carbocycles. The van der Waals surface area contributed by atoms with Gasteiger partial charge in [0, 0.05) is 5.56 Å². The molecule has 0 fully saturated rings. The van der Waals surface area contributed by atoms with Crippen molar-refractivity contribution >= 4 is 8.03 Å². The van der Waals surface area contributed by atoms with E-state index in [1.54, 1.807) is 30.3 Å². The van der Waals surface area contributed by atoms with Gasteiger partial charge in [0.2, 0.25) is 0 Å². The summed E-state index contributed by atoms with van der Waals surface area (Å²) in [5.74, 6) is -1.26. The Kier molecular flexibility index (Phi) is 2.71. The molecule has 1 unspecified atom stereocenters. The highest BCUT2D eigenvalue weighted by molar-refractivity contribution is 7.38. The lowest BCUT2D eigenvalue weighted by molar-refractivity contribution is 0.243. The maximum Gasteiger partial charge on any atom is 0.542 e. The zero-order valence-corrected chi connectivity index (χ0v) is 6.61. The molecule has 0 amide bonds. The van der Waals surface area contributed by atoms with Crippen LogP contribution in [0.15, 0.2) is 30.3 Å². The Morgan fingerprint density at radius 3 is 2.27 bits per heavy atom. The Balaban J connectivity index is 2.85. The second kappa shape index (κ2) is 3.58. The number of hydrogen-bond acceptors (Lipinski definition) is 2. The highest BCUT2D eigenvalue weighted by atomic mass is 31.1. The van der Waals surface area contributed by atoms with Crippen molar-refractivity contribution in [2.75, 3.05) is 0 Å². The van der Waals surface area contributed by atoms with Gasteiger partial charge in [-0.3, -0.25) is 0 Å². The molecule has 0 spiro atoms. The maximum atomic E-state index is 10.4. The second-order valence-corrected chi connectivity index (χ2v) is 3.18. The van der Waals surface area contributed by atoms with Crippen LogP contribution in [-0.4, -0.2) is 10.00 Å². The largest absolute Gasteiger partial charge is 0.542 e. The van der Waals surface area contributed by atoms with E-state index < -0.39 is 13.9 Å². The summed E-state index contributed by atoms with van der Waals surface area (Å²) in [6, 6.07) is 8.40. The van der Waals surface area contributed by atoms with Gasteiger partial charge in [-0.05, 0) is 4.57 Å². The van der Waals surface area contributed by atoms with Gasteiger partial charge in [-0.2, -0.15) is 4.89 Å². The van der Waals surface area contributed by atoms with Crippen molar-refractivity contribution in [3.8, 4) is 0 Å². The molecule has 0 bridgehead atoms. The fraction of sp³-hybridized carbons (Fsp3) is 0.143. The quantitative estimate of drug-likeness (QED) is 0.661. The first-order valence-corrected chi connectivity index (χ1v) is 4.38. The first-order chi connectivity index (χ1) is 5.22. The Hall–Kier alpha value is -0.760. The van der Waals surface area contributed by atoms with E-state index in [9.17, 15) is 4.57 Å². The Morgan fingerprint density at radius 2 is 1.82 bits per heavy atom. The summed E-state index contributed by atoms with van der Waals surface area (Å²) in [5.41, 5.74) is 0.469. The van der Waals surface area contributed by atoms with E-state index in [0.29, 0.717) is 5.56 Å². The fourth-order valence-electron chi connectivity index (χ4n) is 0.753. The molecule has 0 aliphatic heterocycles. The molecule has 2 atom stereocenters. The van der Waals surface area contributed by atoms with E-state index in [-0.39, 0.29) is 0 Å². The lowest BCUT2D eigenvalue weighted by atomic mass is 10.2. The third kappa shape index (κ3) is 2.09. The highest BCUT2D eigenvalue weighted by Gasteiger charge is 2.27. The van der Waals surface area contributed by atoms with Crippen LogP contribution in [0.1, 0.15) is 11.4 Å². The standard InChI is InChI=1S/C7H7O3P/c8-7(11(9)10)6-4-2-1-3-5-6/h1-5,7-8H/p+1/t7-/m1/s1. The molecule has 0 heterocycles. The van der Waals surface area contributed by atoms with Gasteiger partial charge in [0.1, 0.15) is 0 Å². The topological polar surface area (TPSA) is 57.5 Å². The third-order valence-corrected chi connectivity index (χ3v) is 2.02. The number of benzene rings is 1. The zero-order chi connectivity index (χ0) is 8.27.